The maximum atomic E-state index is 12.5. The summed E-state index contributed by atoms with van der Waals surface area (Å²) >= 11 is 0. The number of piperazine rings is 1. The Morgan fingerprint density at radius 3 is 1.70 bits per heavy atom. The molecule has 0 spiro atoms. The van der Waals surface area contributed by atoms with Crippen molar-refractivity contribution in [1.29, 1.82) is 0 Å². The van der Waals surface area contributed by atoms with E-state index in [1.54, 1.807) is 0 Å². The number of hydrogen-bond acceptors (Lipinski definition) is 3. The van der Waals surface area contributed by atoms with Crippen molar-refractivity contribution in [1.82, 2.24) is 9.80 Å². The third-order valence-corrected chi connectivity index (χ3v) is 6.03. The van der Waals surface area contributed by atoms with E-state index in [9.17, 15) is 5.11 Å². The van der Waals surface area contributed by atoms with Gasteiger partial charge in [-0.05, 0) is 16.7 Å². The molecule has 0 unspecified atom stereocenters. The normalized spacial score (nSPS) is 16.7. The summed E-state index contributed by atoms with van der Waals surface area (Å²) in [5, 5.41) is 12.5. The Morgan fingerprint density at radius 2 is 1.23 bits per heavy atom. The first-order valence-electron chi connectivity index (χ1n) is 10.5. The Kier molecular flexibility index (Phi) is 6.30. The molecule has 0 saturated carbocycles. The highest BCUT2D eigenvalue weighted by Gasteiger charge is 2.44. The third-order valence-electron chi connectivity index (χ3n) is 6.03. The lowest BCUT2D eigenvalue weighted by molar-refractivity contribution is -0.0384. The lowest BCUT2D eigenvalue weighted by atomic mass is 9.76. The van der Waals surface area contributed by atoms with Crippen LogP contribution in [-0.4, -0.2) is 47.6 Å². The number of nitrogens with zero attached hydrogens (tertiary/aromatic N) is 2. The van der Waals surface area contributed by atoms with Crippen LogP contribution in [0.4, 0.5) is 0 Å². The van der Waals surface area contributed by atoms with Crippen LogP contribution in [0.5, 0.6) is 0 Å². The standard InChI is InChI=1S/C27H28N2O/c1-2-18-28-19-21-29(22-20-28)26(23-12-6-3-7-13-23)27(30,24-14-8-4-9-15-24)25-16-10-5-11-17-25/h1,3-17,26,30H,18-22H2/t26-/m1/s1. The quantitative estimate of drug-likeness (QED) is 0.640. The number of aliphatic hydroxyl groups is 1. The fraction of sp³-hybridized carbons (Fsp3) is 0.259. The van der Waals surface area contributed by atoms with E-state index < -0.39 is 5.60 Å². The predicted molar refractivity (Wildman–Crippen MR) is 122 cm³/mol. The van der Waals surface area contributed by atoms with Gasteiger partial charge in [-0.25, -0.2) is 0 Å². The van der Waals surface area contributed by atoms with Crippen molar-refractivity contribution in [3.63, 3.8) is 0 Å². The zero-order chi connectivity index (χ0) is 20.8. The minimum Gasteiger partial charge on any atom is -0.378 e. The van der Waals surface area contributed by atoms with Gasteiger partial charge in [-0.3, -0.25) is 9.80 Å². The topological polar surface area (TPSA) is 26.7 Å². The van der Waals surface area contributed by atoms with Crippen LogP contribution in [0.1, 0.15) is 22.7 Å². The number of rotatable bonds is 6. The molecule has 0 bridgehead atoms. The molecule has 30 heavy (non-hydrogen) atoms. The van der Waals surface area contributed by atoms with Gasteiger partial charge in [0, 0.05) is 26.2 Å². The lowest BCUT2D eigenvalue weighted by Gasteiger charge is -2.47. The Labute approximate surface area is 179 Å². The van der Waals surface area contributed by atoms with Crippen molar-refractivity contribution in [2.75, 3.05) is 32.7 Å². The van der Waals surface area contributed by atoms with Crippen LogP contribution in [-0.2, 0) is 5.60 Å². The average Bonchev–Trinajstić information content (AvgIpc) is 2.82. The van der Waals surface area contributed by atoms with Crippen LogP contribution >= 0.6 is 0 Å². The van der Waals surface area contributed by atoms with Gasteiger partial charge in [0.25, 0.3) is 0 Å². The van der Waals surface area contributed by atoms with E-state index >= 15 is 0 Å². The molecule has 0 aromatic heterocycles. The molecule has 1 aliphatic heterocycles. The van der Waals surface area contributed by atoms with Gasteiger partial charge in [0.1, 0.15) is 5.60 Å². The van der Waals surface area contributed by atoms with Crippen molar-refractivity contribution in [2.45, 2.75) is 11.6 Å². The number of hydrogen-bond donors (Lipinski definition) is 1. The Hall–Kier alpha value is -2.90. The SMILES string of the molecule is C#CCN1CCN([C@H](c2ccccc2)C(O)(c2ccccc2)c2ccccc2)CC1. The van der Waals surface area contributed by atoms with Gasteiger partial charge in [0.05, 0.1) is 12.6 Å². The van der Waals surface area contributed by atoms with Crippen LogP contribution in [0.3, 0.4) is 0 Å². The summed E-state index contributed by atoms with van der Waals surface area (Å²) < 4.78 is 0. The zero-order valence-electron chi connectivity index (χ0n) is 17.2. The summed E-state index contributed by atoms with van der Waals surface area (Å²) in [5.74, 6) is 2.75. The highest BCUT2D eigenvalue weighted by molar-refractivity contribution is 5.41. The number of benzene rings is 3. The highest BCUT2D eigenvalue weighted by atomic mass is 16.3. The summed E-state index contributed by atoms with van der Waals surface area (Å²) in [5.41, 5.74) is 1.73. The second-order valence-corrected chi connectivity index (χ2v) is 7.83. The van der Waals surface area contributed by atoms with E-state index in [4.69, 9.17) is 6.42 Å². The van der Waals surface area contributed by atoms with Gasteiger partial charge in [-0.1, -0.05) is 96.9 Å². The lowest BCUT2D eigenvalue weighted by Crippen LogP contribution is -2.53. The molecule has 1 atom stereocenters. The summed E-state index contributed by atoms with van der Waals surface area (Å²) in [6, 6.07) is 30.2. The molecular formula is C27H28N2O. The van der Waals surface area contributed by atoms with Crippen molar-refractivity contribution >= 4 is 0 Å². The first-order valence-corrected chi connectivity index (χ1v) is 10.5. The van der Waals surface area contributed by atoms with Gasteiger partial charge in [0.2, 0.25) is 0 Å². The van der Waals surface area contributed by atoms with E-state index in [0.29, 0.717) is 6.54 Å². The predicted octanol–water partition coefficient (Wildman–Crippen LogP) is 3.91. The number of terminal acetylenes is 1. The fourth-order valence-corrected chi connectivity index (χ4v) is 4.53. The molecule has 0 radical (unpaired) electrons. The van der Waals surface area contributed by atoms with Gasteiger partial charge in [-0.15, -0.1) is 6.42 Å². The minimum atomic E-state index is -1.18. The molecule has 1 aliphatic rings. The van der Waals surface area contributed by atoms with Gasteiger partial charge < -0.3 is 5.11 Å². The molecule has 3 nitrogen and oxygen atoms in total. The molecule has 3 aromatic carbocycles. The third kappa shape index (κ3) is 4.04. The van der Waals surface area contributed by atoms with E-state index in [2.05, 4.69) is 27.9 Å². The monoisotopic (exact) mass is 396 g/mol. The van der Waals surface area contributed by atoms with Crippen LogP contribution in [0, 0.1) is 12.3 Å². The molecule has 152 valence electrons. The average molecular weight is 397 g/mol. The Morgan fingerprint density at radius 1 is 0.767 bits per heavy atom. The smallest absolute Gasteiger partial charge is 0.134 e. The minimum absolute atomic E-state index is 0.212. The molecule has 1 fully saturated rings. The maximum Gasteiger partial charge on any atom is 0.134 e. The largest absolute Gasteiger partial charge is 0.378 e. The molecular weight excluding hydrogens is 368 g/mol. The molecule has 3 heteroatoms. The second-order valence-electron chi connectivity index (χ2n) is 7.83. The highest BCUT2D eigenvalue weighted by Crippen LogP contribution is 2.44. The summed E-state index contributed by atoms with van der Waals surface area (Å²) in [6.07, 6.45) is 5.52. The summed E-state index contributed by atoms with van der Waals surface area (Å²) in [6.45, 7) is 4.16. The van der Waals surface area contributed by atoms with Crippen molar-refractivity contribution in [2.24, 2.45) is 0 Å². The van der Waals surface area contributed by atoms with Gasteiger partial charge in [0.15, 0.2) is 0 Å². The summed E-state index contributed by atoms with van der Waals surface area (Å²) in [4.78, 5) is 4.70. The molecule has 1 heterocycles. The molecule has 0 aliphatic carbocycles. The molecule has 1 saturated heterocycles. The van der Waals surface area contributed by atoms with E-state index in [1.165, 1.54) is 0 Å². The molecule has 3 aromatic rings. The molecule has 4 rings (SSSR count). The van der Waals surface area contributed by atoms with E-state index in [-0.39, 0.29) is 6.04 Å². The van der Waals surface area contributed by atoms with Crippen molar-refractivity contribution < 1.29 is 5.11 Å². The van der Waals surface area contributed by atoms with Crippen molar-refractivity contribution in [3.05, 3.63) is 108 Å². The van der Waals surface area contributed by atoms with Gasteiger partial charge in [-0.2, -0.15) is 0 Å². The maximum absolute atomic E-state index is 12.5. The zero-order valence-corrected chi connectivity index (χ0v) is 17.2. The van der Waals surface area contributed by atoms with Crippen LogP contribution in [0.25, 0.3) is 0 Å². The molecule has 0 amide bonds. The molecule has 1 N–H and O–H groups in total. The fourth-order valence-electron chi connectivity index (χ4n) is 4.53. The summed E-state index contributed by atoms with van der Waals surface area (Å²) in [7, 11) is 0. The second kappa shape index (κ2) is 9.28. The van der Waals surface area contributed by atoms with Crippen LogP contribution < -0.4 is 0 Å². The van der Waals surface area contributed by atoms with E-state index in [1.807, 2.05) is 78.9 Å². The van der Waals surface area contributed by atoms with E-state index in [0.717, 1.165) is 42.9 Å². The van der Waals surface area contributed by atoms with Crippen LogP contribution in [0.15, 0.2) is 91.0 Å². The Bertz CT molecular complexity index is 919. The first kappa shape index (κ1) is 20.4. The Balaban J connectivity index is 1.82. The first-order chi connectivity index (χ1) is 14.7. The van der Waals surface area contributed by atoms with Crippen molar-refractivity contribution in [3.8, 4) is 12.3 Å². The van der Waals surface area contributed by atoms with Gasteiger partial charge >= 0.3 is 0 Å². The van der Waals surface area contributed by atoms with Crippen LogP contribution in [0.2, 0.25) is 0 Å².